The topological polar surface area (TPSA) is 35.4 Å². The monoisotopic (exact) mass is 357 g/mol. The maximum Gasteiger partial charge on any atom is 0.161 e. The Balaban J connectivity index is 1.61. The second-order valence-electron chi connectivity index (χ2n) is 6.50. The Morgan fingerprint density at radius 3 is 2.35 bits per heavy atom. The van der Waals surface area contributed by atoms with Gasteiger partial charge in [-0.3, -0.25) is 0 Å². The highest BCUT2D eigenvalue weighted by molar-refractivity contribution is 5.58. The van der Waals surface area contributed by atoms with Gasteiger partial charge in [0.15, 0.2) is 11.5 Å². The molecule has 2 aromatic rings. The van der Waals surface area contributed by atoms with E-state index in [1.165, 1.54) is 11.3 Å². The van der Waals surface area contributed by atoms with Crippen molar-refractivity contribution in [2.24, 2.45) is 0 Å². The van der Waals surface area contributed by atoms with Crippen molar-refractivity contribution < 1.29 is 19.1 Å². The van der Waals surface area contributed by atoms with Crippen LogP contribution >= 0.6 is 0 Å². The van der Waals surface area contributed by atoms with Crippen LogP contribution in [-0.2, 0) is 6.54 Å². The molecule has 26 heavy (non-hydrogen) atoms. The Morgan fingerprint density at radius 1 is 0.923 bits per heavy atom. The van der Waals surface area contributed by atoms with Crippen molar-refractivity contribution in [2.45, 2.75) is 13.5 Å². The maximum absolute atomic E-state index is 5.70. The number of ether oxygens (including phenoxy) is 3. The fraction of sp³-hybridized carbons (Fsp3) is 0.429. The van der Waals surface area contributed by atoms with Gasteiger partial charge < -0.3 is 24.0 Å². The highest BCUT2D eigenvalue weighted by atomic mass is 16.5. The Kier molecular flexibility index (Phi) is 6.23. The molecule has 5 nitrogen and oxygen atoms in total. The third-order valence-corrected chi connectivity index (χ3v) is 4.88. The Labute approximate surface area is 156 Å². The molecular formula is C21H29N2O3+. The van der Waals surface area contributed by atoms with Crippen molar-refractivity contribution in [1.82, 2.24) is 0 Å². The van der Waals surface area contributed by atoms with Gasteiger partial charge in [0.05, 0.1) is 52.7 Å². The van der Waals surface area contributed by atoms with E-state index < -0.39 is 0 Å². The number of anilines is 1. The smallest absolute Gasteiger partial charge is 0.161 e. The fourth-order valence-corrected chi connectivity index (χ4v) is 3.52. The van der Waals surface area contributed by atoms with Crippen LogP contribution in [0.3, 0.4) is 0 Å². The van der Waals surface area contributed by atoms with E-state index in [0.29, 0.717) is 6.61 Å². The molecule has 1 N–H and O–H groups in total. The molecule has 0 unspecified atom stereocenters. The summed E-state index contributed by atoms with van der Waals surface area (Å²) in [5.41, 5.74) is 2.48. The van der Waals surface area contributed by atoms with E-state index in [2.05, 4.69) is 29.2 Å². The number of benzene rings is 2. The average Bonchev–Trinajstić information content (AvgIpc) is 2.69. The minimum absolute atomic E-state index is 0.643. The first-order valence-corrected chi connectivity index (χ1v) is 9.26. The normalized spacial score (nSPS) is 15.0. The molecule has 2 aromatic carbocycles. The van der Waals surface area contributed by atoms with Gasteiger partial charge in [-0.25, -0.2) is 0 Å². The Bertz CT molecular complexity index is 712. The van der Waals surface area contributed by atoms with E-state index in [9.17, 15) is 0 Å². The lowest BCUT2D eigenvalue weighted by molar-refractivity contribution is -0.914. The highest BCUT2D eigenvalue weighted by Crippen LogP contribution is 2.28. The van der Waals surface area contributed by atoms with E-state index in [0.717, 1.165) is 50.0 Å². The third-order valence-electron chi connectivity index (χ3n) is 4.88. The molecule has 0 aromatic heterocycles. The second-order valence-corrected chi connectivity index (χ2v) is 6.50. The van der Waals surface area contributed by atoms with Crippen molar-refractivity contribution in [3.63, 3.8) is 0 Å². The van der Waals surface area contributed by atoms with Gasteiger partial charge in [-0.1, -0.05) is 12.1 Å². The quantitative estimate of drug-likeness (QED) is 0.822. The largest absolute Gasteiger partial charge is 0.495 e. The zero-order valence-corrected chi connectivity index (χ0v) is 16.0. The van der Waals surface area contributed by atoms with Crippen molar-refractivity contribution >= 4 is 5.69 Å². The number of piperazine rings is 1. The van der Waals surface area contributed by atoms with Crippen molar-refractivity contribution in [3.8, 4) is 17.2 Å². The molecule has 0 saturated carbocycles. The lowest BCUT2D eigenvalue weighted by atomic mass is 10.1. The third kappa shape index (κ3) is 4.22. The summed E-state index contributed by atoms with van der Waals surface area (Å²) in [6.07, 6.45) is 0. The molecule has 0 amide bonds. The summed E-state index contributed by atoms with van der Waals surface area (Å²) < 4.78 is 16.6. The van der Waals surface area contributed by atoms with Crippen molar-refractivity contribution in [1.29, 1.82) is 0 Å². The minimum Gasteiger partial charge on any atom is -0.495 e. The Hall–Kier alpha value is -2.40. The summed E-state index contributed by atoms with van der Waals surface area (Å²) in [6, 6.07) is 14.5. The summed E-state index contributed by atoms with van der Waals surface area (Å²) in [7, 11) is 3.42. The summed E-state index contributed by atoms with van der Waals surface area (Å²) >= 11 is 0. The van der Waals surface area contributed by atoms with Crippen LogP contribution in [0.4, 0.5) is 5.69 Å². The number of hydrogen-bond donors (Lipinski definition) is 1. The van der Waals surface area contributed by atoms with Gasteiger partial charge in [0.2, 0.25) is 0 Å². The zero-order valence-electron chi connectivity index (χ0n) is 16.0. The molecule has 1 heterocycles. The highest BCUT2D eigenvalue weighted by Gasteiger charge is 2.22. The summed E-state index contributed by atoms with van der Waals surface area (Å²) in [6.45, 7) is 7.92. The van der Waals surface area contributed by atoms with Crippen LogP contribution in [0.2, 0.25) is 0 Å². The van der Waals surface area contributed by atoms with Gasteiger partial charge in [0.1, 0.15) is 12.3 Å². The lowest BCUT2D eigenvalue weighted by Crippen LogP contribution is -3.13. The SMILES string of the molecule is CCOc1cc(C[NH+]2CCN(c3ccccc3OC)CC2)ccc1OC. The first kappa shape index (κ1) is 18.4. The number of methoxy groups -OCH3 is 2. The van der Waals surface area contributed by atoms with Gasteiger partial charge in [-0.15, -0.1) is 0 Å². The number of nitrogens with one attached hydrogen (secondary N) is 1. The second kappa shape index (κ2) is 8.81. The molecule has 1 saturated heterocycles. The van der Waals surface area contributed by atoms with Crippen LogP contribution in [0.25, 0.3) is 0 Å². The molecule has 1 aliphatic rings. The van der Waals surface area contributed by atoms with Gasteiger partial charge in [0, 0.05) is 5.56 Å². The molecule has 0 radical (unpaired) electrons. The standard InChI is InChI=1S/C21H28N2O3/c1-4-26-21-15-17(9-10-20(21)25-3)16-22-11-13-23(14-12-22)18-7-5-6-8-19(18)24-2/h5-10,15H,4,11-14,16H2,1-3H3/p+1. The van der Waals surface area contributed by atoms with E-state index in [-0.39, 0.29) is 0 Å². The van der Waals surface area contributed by atoms with Crippen LogP contribution < -0.4 is 24.0 Å². The molecule has 1 aliphatic heterocycles. The first-order valence-electron chi connectivity index (χ1n) is 9.26. The van der Waals surface area contributed by atoms with Crippen LogP contribution in [0.1, 0.15) is 12.5 Å². The van der Waals surface area contributed by atoms with Gasteiger partial charge in [-0.2, -0.15) is 0 Å². The molecule has 0 spiro atoms. The average molecular weight is 357 g/mol. The Morgan fingerprint density at radius 2 is 1.65 bits per heavy atom. The van der Waals surface area contributed by atoms with Crippen LogP contribution in [0.5, 0.6) is 17.2 Å². The summed E-state index contributed by atoms with van der Waals surface area (Å²) in [5, 5.41) is 0. The summed E-state index contributed by atoms with van der Waals surface area (Å²) in [5.74, 6) is 2.58. The molecule has 0 bridgehead atoms. The van der Waals surface area contributed by atoms with E-state index in [4.69, 9.17) is 14.2 Å². The number of rotatable bonds is 7. The predicted molar refractivity (Wildman–Crippen MR) is 104 cm³/mol. The number of para-hydroxylation sites is 2. The molecule has 1 fully saturated rings. The molecule has 0 aliphatic carbocycles. The lowest BCUT2D eigenvalue weighted by Gasteiger charge is -2.34. The van der Waals surface area contributed by atoms with Crippen molar-refractivity contribution in [2.75, 3.05) is 51.9 Å². The molecule has 140 valence electrons. The van der Waals surface area contributed by atoms with Crippen LogP contribution in [0.15, 0.2) is 42.5 Å². The molecule has 0 atom stereocenters. The van der Waals surface area contributed by atoms with E-state index >= 15 is 0 Å². The zero-order chi connectivity index (χ0) is 18.4. The molecule has 3 rings (SSSR count). The molecule has 5 heteroatoms. The van der Waals surface area contributed by atoms with Gasteiger partial charge >= 0.3 is 0 Å². The number of hydrogen-bond acceptors (Lipinski definition) is 4. The van der Waals surface area contributed by atoms with Gasteiger partial charge in [0.25, 0.3) is 0 Å². The van der Waals surface area contributed by atoms with Gasteiger partial charge in [-0.05, 0) is 37.3 Å². The number of nitrogens with zero attached hydrogens (tertiary/aromatic N) is 1. The van der Waals surface area contributed by atoms with E-state index in [1.807, 2.05) is 25.1 Å². The first-order chi connectivity index (χ1) is 12.7. The number of quaternary nitrogens is 1. The van der Waals surface area contributed by atoms with E-state index in [1.54, 1.807) is 19.1 Å². The van der Waals surface area contributed by atoms with Crippen molar-refractivity contribution in [3.05, 3.63) is 48.0 Å². The maximum atomic E-state index is 5.70. The minimum atomic E-state index is 0.643. The van der Waals surface area contributed by atoms with Crippen LogP contribution in [-0.4, -0.2) is 47.0 Å². The molecular weight excluding hydrogens is 328 g/mol. The van der Waals surface area contributed by atoms with Crippen LogP contribution in [0, 0.1) is 0 Å². The summed E-state index contributed by atoms with van der Waals surface area (Å²) in [4.78, 5) is 4.01. The fourth-order valence-electron chi connectivity index (χ4n) is 3.52. The predicted octanol–water partition coefficient (Wildman–Crippen LogP) is 2.01.